The molecule has 0 aliphatic carbocycles. The van der Waals surface area contributed by atoms with Gasteiger partial charge in [-0.25, -0.2) is 4.98 Å². The third-order valence-corrected chi connectivity index (χ3v) is 3.59. The largest absolute Gasteiger partial charge is 0.490 e. The molecule has 0 saturated heterocycles. The summed E-state index contributed by atoms with van der Waals surface area (Å²) in [6, 6.07) is 17.2. The van der Waals surface area contributed by atoms with Gasteiger partial charge in [0.2, 0.25) is 0 Å². The molecular weight excluding hydrogens is 288 g/mol. The number of nitrogens with zero attached hydrogens (tertiary/aromatic N) is 1. The zero-order chi connectivity index (χ0) is 16.2. The molecular formula is C19H18N2O2. The van der Waals surface area contributed by atoms with Crippen LogP contribution in [-0.4, -0.2) is 17.5 Å². The number of benzene rings is 2. The number of carbonyl (C=O) groups is 1. The summed E-state index contributed by atoms with van der Waals surface area (Å²) in [7, 11) is 0. The number of carbonyl (C=O) groups excluding carboxylic acids is 1. The van der Waals surface area contributed by atoms with E-state index in [1.165, 1.54) is 0 Å². The van der Waals surface area contributed by atoms with E-state index >= 15 is 0 Å². The van der Waals surface area contributed by atoms with E-state index in [1.54, 1.807) is 0 Å². The average molecular weight is 306 g/mol. The SMILES string of the molecule is CCCOc1c(-c2ccccc2)nc2ccccc2c1C(N)=O. The van der Waals surface area contributed by atoms with Gasteiger partial charge in [0.1, 0.15) is 5.69 Å². The predicted octanol–water partition coefficient (Wildman–Crippen LogP) is 3.79. The summed E-state index contributed by atoms with van der Waals surface area (Å²) in [5, 5.41) is 0.714. The van der Waals surface area contributed by atoms with Gasteiger partial charge < -0.3 is 10.5 Å². The molecule has 1 amide bonds. The highest BCUT2D eigenvalue weighted by molar-refractivity contribution is 6.09. The van der Waals surface area contributed by atoms with Gasteiger partial charge in [-0.1, -0.05) is 55.5 Å². The molecule has 0 saturated carbocycles. The standard InChI is InChI=1S/C19H18N2O2/c1-2-12-23-18-16(19(20)22)14-10-6-7-11-15(14)21-17(18)13-8-4-3-5-9-13/h3-11H,2,12H2,1H3,(H2,20,22). The van der Waals surface area contributed by atoms with Crippen LogP contribution in [0.4, 0.5) is 0 Å². The third-order valence-electron chi connectivity index (χ3n) is 3.59. The van der Waals surface area contributed by atoms with Gasteiger partial charge in [0.05, 0.1) is 17.7 Å². The minimum atomic E-state index is -0.508. The second-order valence-electron chi connectivity index (χ2n) is 5.26. The topological polar surface area (TPSA) is 65.2 Å². The Morgan fingerprint density at radius 2 is 1.78 bits per heavy atom. The second kappa shape index (κ2) is 6.48. The highest BCUT2D eigenvalue weighted by Gasteiger charge is 2.21. The van der Waals surface area contributed by atoms with Crippen LogP contribution in [-0.2, 0) is 0 Å². The van der Waals surface area contributed by atoms with Crippen molar-refractivity contribution in [3.8, 4) is 17.0 Å². The minimum absolute atomic E-state index is 0.392. The van der Waals surface area contributed by atoms with Crippen molar-refractivity contribution in [3.63, 3.8) is 0 Å². The maximum atomic E-state index is 12.1. The molecule has 4 nitrogen and oxygen atoms in total. The number of fused-ring (bicyclic) bond motifs is 1. The highest BCUT2D eigenvalue weighted by atomic mass is 16.5. The van der Waals surface area contributed by atoms with Crippen LogP contribution in [0.25, 0.3) is 22.2 Å². The average Bonchev–Trinajstić information content (AvgIpc) is 2.59. The number of aromatic nitrogens is 1. The van der Waals surface area contributed by atoms with Crippen LogP contribution < -0.4 is 10.5 Å². The summed E-state index contributed by atoms with van der Waals surface area (Å²) in [5.74, 6) is -0.0452. The molecule has 0 aliphatic heterocycles. The molecule has 0 atom stereocenters. The van der Waals surface area contributed by atoms with E-state index in [9.17, 15) is 4.79 Å². The van der Waals surface area contributed by atoms with Crippen LogP contribution in [0.15, 0.2) is 54.6 Å². The lowest BCUT2D eigenvalue weighted by molar-refractivity contribution is 0.0998. The fourth-order valence-corrected chi connectivity index (χ4v) is 2.58. The van der Waals surface area contributed by atoms with E-state index in [1.807, 2.05) is 61.5 Å². The van der Waals surface area contributed by atoms with E-state index in [0.717, 1.165) is 17.5 Å². The quantitative estimate of drug-likeness (QED) is 0.780. The van der Waals surface area contributed by atoms with E-state index in [4.69, 9.17) is 15.5 Å². The first-order valence-corrected chi connectivity index (χ1v) is 7.63. The van der Waals surface area contributed by atoms with Crippen LogP contribution in [0.5, 0.6) is 5.75 Å². The maximum Gasteiger partial charge on any atom is 0.253 e. The molecule has 116 valence electrons. The van der Waals surface area contributed by atoms with Gasteiger partial charge in [-0.3, -0.25) is 4.79 Å². The molecule has 3 rings (SSSR count). The van der Waals surface area contributed by atoms with E-state index in [0.29, 0.717) is 29.0 Å². The summed E-state index contributed by atoms with van der Waals surface area (Å²) >= 11 is 0. The third kappa shape index (κ3) is 2.88. The molecule has 23 heavy (non-hydrogen) atoms. The van der Waals surface area contributed by atoms with E-state index < -0.39 is 5.91 Å². The fourth-order valence-electron chi connectivity index (χ4n) is 2.58. The molecule has 0 unspecified atom stereocenters. The van der Waals surface area contributed by atoms with Gasteiger partial charge in [0.25, 0.3) is 5.91 Å². The van der Waals surface area contributed by atoms with Crippen LogP contribution >= 0.6 is 0 Å². The lowest BCUT2D eigenvalue weighted by Crippen LogP contribution is -2.15. The van der Waals surface area contributed by atoms with Gasteiger partial charge in [-0.2, -0.15) is 0 Å². The Hall–Kier alpha value is -2.88. The molecule has 0 aliphatic rings. The zero-order valence-electron chi connectivity index (χ0n) is 13.0. The van der Waals surface area contributed by atoms with Gasteiger partial charge in [-0.15, -0.1) is 0 Å². The summed E-state index contributed by atoms with van der Waals surface area (Å²) in [6.07, 6.45) is 0.833. The Morgan fingerprint density at radius 1 is 1.09 bits per heavy atom. The first-order valence-electron chi connectivity index (χ1n) is 7.63. The van der Waals surface area contributed by atoms with Gasteiger partial charge in [0.15, 0.2) is 5.75 Å². The first kappa shape index (κ1) is 15.0. The Balaban J connectivity index is 2.35. The molecule has 0 spiro atoms. The lowest BCUT2D eigenvalue weighted by atomic mass is 10.0. The lowest BCUT2D eigenvalue weighted by Gasteiger charge is -2.16. The molecule has 0 radical (unpaired) electrons. The molecule has 2 N–H and O–H groups in total. The molecule has 0 bridgehead atoms. The van der Waals surface area contributed by atoms with E-state index in [2.05, 4.69) is 0 Å². The zero-order valence-corrected chi connectivity index (χ0v) is 13.0. The predicted molar refractivity (Wildman–Crippen MR) is 91.5 cm³/mol. The Labute approximate surface area is 134 Å². The Bertz CT molecular complexity index is 845. The number of ether oxygens (including phenoxy) is 1. The maximum absolute atomic E-state index is 12.1. The van der Waals surface area contributed by atoms with Crippen molar-refractivity contribution >= 4 is 16.8 Å². The number of pyridine rings is 1. The van der Waals surface area contributed by atoms with Crippen molar-refractivity contribution in [1.82, 2.24) is 4.98 Å². The fraction of sp³-hybridized carbons (Fsp3) is 0.158. The summed E-state index contributed by atoms with van der Waals surface area (Å²) in [4.78, 5) is 16.8. The van der Waals surface area contributed by atoms with Crippen LogP contribution in [0.1, 0.15) is 23.7 Å². The smallest absolute Gasteiger partial charge is 0.253 e. The van der Waals surface area contributed by atoms with Crippen LogP contribution in [0, 0.1) is 0 Å². The van der Waals surface area contributed by atoms with Crippen molar-refractivity contribution in [2.24, 2.45) is 5.73 Å². The van der Waals surface area contributed by atoms with Crippen molar-refractivity contribution in [1.29, 1.82) is 0 Å². The molecule has 4 heteroatoms. The number of hydrogen-bond acceptors (Lipinski definition) is 3. The van der Waals surface area contributed by atoms with Gasteiger partial charge in [-0.05, 0) is 12.5 Å². The van der Waals surface area contributed by atoms with Crippen LogP contribution in [0.2, 0.25) is 0 Å². The molecule has 1 heterocycles. The molecule has 1 aromatic heterocycles. The number of rotatable bonds is 5. The van der Waals surface area contributed by atoms with Crippen LogP contribution in [0.3, 0.4) is 0 Å². The first-order chi connectivity index (χ1) is 11.2. The highest BCUT2D eigenvalue weighted by Crippen LogP contribution is 2.36. The van der Waals surface area contributed by atoms with Crippen molar-refractivity contribution in [2.75, 3.05) is 6.61 Å². The number of para-hydroxylation sites is 1. The van der Waals surface area contributed by atoms with Crippen molar-refractivity contribution in [3.05, 3.63) is 60.2 Å². The number of nitrogens with two attached hydrogens (primary N) is 1. The van der Waals surface area contributed by atoms with Crippen molar-refractivity contribution in [2.45, 2.75) is 13.3 Å². The van der Waals surface area contributed by atoms with Gasteiger partial charge in [0, 0.05) is 10.9 Å². The normalized spacial score (nSPS) is 10.7. The van der Waals surface area contributed by atoms with Crippen molar-refractivity contribution < 1.29 is 9.53 Å². The summed E-state index contributed by atoms with van der Waals surface area (Å²) in [6.45, 7) is 2.51. The monoisotopic (exact) mass is 306 g/mol. The Morgan fingerprint density at radius 3 is 2.48 bits per heavy atom. The van der Waals surface area contributed by atoms with Gasteiger partial charge >= 0.3 is 0 Å². The summed E-state index contributed by atoms with van der Waals surface area (Å²) in [5.41, 5.74) is 8.31. The Kier molecular flexibility index (Phi) is 4.24. The number of primary amides is 1. The molecule has 2 aromatic carbocycles. The summed E-state index contributed by atoms with van der Waals surface area (Å²) < 4.78 is 5.88. The number of amides is 1. The number of hydrogen-bond donors (Lipinski definition) is 1. The minimum Gasteiger partial charge on any atom is -0.490 e. The molecule has 3 aromatic rings. The molecule has 0 fully saturated rings. The second-order valence-corrected chi connectivity index (χ2v) is 5.26. The van der Waals surface area contributed by atoms with E-state index in [-0.39, 0.29) is 0 Å².